The second kappa shape index (κ2) is 7.33. The molecule has 0 aliphatic carbocycles. The van der Waals surface area contributed by atoms with Crippen LogP contribution in [0.2, 0.25) is 10.0 Å². The van der Waals surface area contributed by atoms with Gasteiger partial charge in [0.25, 0.3) is 0 Å². The van der Waals surface area contributed by atoms with Gasteiger partial charge in [0.2, 0.25) is 17.6 Å². The van der Waals surface area contributed by atoms with Gasteiger partial charge in [-0.05, 0) is 42.0 Å². The number of hydrogen-bond acceptors (Lipinski definition) is 5. The number of halogens is 2. The zero-order valence-corrected chi connectivity index (χ0v) is 18.5. The van der Waals surface area contributed by atoms with Crippen LogP contribution in [0.3, 0.4) is 0 Å². The first kappa shape index (κ1) is 20.3. The lowest BCUT2D eigenvalue weighted by atomic mass is 9.87. The molecule has 0 spiro atoms. The van der Waals surface area contributed by atoms with Crippen LogP contribution in [0.4, 0.5) is 11.4 Å². The smallest absolute Gasteiger partial charge is 0.240 e. The molecule has 0 radical (unpaired) electrons. The Hall–Kier alpha value is -3.35. The van der Waals surface area contributed by atoms with Gasteiger partial charge in [-0.1, -0.05) is 53.6 Å². The van der Waals surface area contributed by atoms with Crippen LogP contribution in [0.15, 0.2) is 71.4 Å². The molecule has 2 amide bonds. The molecule has 0 unspecified atom stereocenters. The molecule has 4 heterocycles. The number of hydrogen-bond donors (Lipinski definition) is 0. The molecule has 0 N–H and O–H groups in total. The van der Waals surface area contributed by atoms with Crippen molar-refractivity contribution in [1.82, 2.24) is 0 Å². The minimum Gasteiger partial charge on any atom is -0.461 e. The fourth-order valence-electron chi connectivity index (χ4n) is 5.28. The molecule has 0 saturated carbocycles. The Kier molecular flexibility index (Phi) is 4.50. The van der Waals surface area contributed by atoms with Crippen LogP contribution in [0, 0.1) is 11.8 Å². The molecule has 3 aliphatic rings. The van der Waals surface area contributed by atoms with Crippen LogP contribution in [0.5, 0.6) is 0 Å². The maximum absolute atomic E-state index is 13.8. The first-order chi connectivity index (χ1) is 16.0. The van der Waals surface area contributed by atoms with E-state index in [0.717, 1.165) is 16.2 Å². The molecule has 2 aromatic carbocycles. The normalized spacial score (nSPS) is 25.3. The van der Waals surface area contributed by atoms with Crippen molar-refractivity contribution in [3.63, 3.8) is 0 Å². The number of rotatable bonds is 3. The number of amides is 2. The second-order valence-corrected chi connectivity index (χ2v) is 9.11. The Morgan fingerprint density at radius 3 is 2.45 bits per heavy atom. The molecular formula is C25H16Cl2N2O4. The van der Waals surface area contributed by atoms with Gasteiger partial charge in [-0.2, -0.15) is 0 Å². The third kappa shape index (κ3) is 2.84. The summed E-state index contributed by atoms with van der Waals surface area (Å²) in [7, 11) is 0. The van der Waals surface area contributed by atoms with E-state index in [2.05, 4.69) is 0 Å². The molecule has 6 nitrogen and oxygen atoms in total. The Labute approximate surface area is 199 Å². The number of benzene rings is 2. The van der Waals surface area contributed by atoms with Gasteiger partial charge in [-0.3, -0.25) is 14.4 Å². The highest BCUT2D eigenvalue weighted by Gasteiger charge is 2.64. The Bertz CT molecular complexity index is 1350. The van der Waals surface area contributed by atoms with Gasteiger partial charge in [0.1, 0.15) is 6.04 Å². The zero-order chi connectivity index (χ0) is 22.9. The van der Waals surface area contributed by atoms with E-state index in [-0.39, 0.29) is 28.2 Å². The minimum atomic E-state index is -0.898. The number of furan rings is 1. The molecule has 3 aromatic rings. The molecule has 8 heteroatoms. The van der Waals surface area contributed by atoms with Crippen molar-refractivity contribution in [2.24, 2.45) is 11.8 Å². The van der Waals surface area contributed by atoms with Gasteiger partial charge in [-0.25, -0.2) is 4.90 Å². The van der Waals surface area contributed by atoms with Crippen LogP contribution in [-0.2, 0) is 9.59 Å². The van der Waals surface area contributed by atoms with Gasteiger partial charge < -0.3 is 9.32 Å². The summed E-state index contributed by atoms with van der Waals surface area (Å²) in [6, 6.07) is 14.1. The fraction of sp³-hybridized carbons (Fsp3) is 0.160. The van der Waals surface area contributed by atoms with Crippen LogP contribution in [0.25, 0.3) is 6.08 Å². The number of Topliss-reactive ketones (excluding diaryl/α,β-unsaturated/α-hetero) is 1. The number of para-hydroxylation sites is 1. The van der Waals surface area contributed by atoms with Crippen LogP contribution in [0.1, 0.15) is 16.1 Å². The number of anilines is 2. The number of imide groups is 1. The molecule has 0 bridgehead atoms. The summed E-state index contributed by atoms with van der Waals surface area (Å²) in [6.45, 7) is 0. The van der Waals surface area contributed by atoms with E-state index in [1.165, 1.54) is 12.3 Å². The van der Waals surface area contributed by atoms with Gasteiger partial charge in [0, 0.05) is 10.7 Å². The van der Waals surface area contributed by atoms with E-state index in [1.54, 1.807) is 24.3 Å². The predicted octanol–water partition coefficient (Wildman–Crippen LogP) is 4.86. The summed E-state index contributed by atoms with van der Waals surface area (Å²) in [5, 5.41) is 0.589. The first-order valence-corrected chi connectivity index (χ1v) is 11.2. The molecule has 6 rings (SSSR count). The summed E-state index contributed by atoms with van der Waals surface area (Å²) in [4.78, 5) is 44.1. The molecular weight excluding hydrogens is 463 g/mol. The lowest BCUT2D eigenvalue weighted by Crippen LogP contribution is -2.48. The maximum atomic E-state index is 13.8. The highest BCUT2D eigenvalue weighted by Crippen LogP contribution is 2.50. The average molecular weight is 479 g/mol. The van der Waals surface area contributed by atoms with Gasteiger partial charge in [0.05, 0.1) is 34.9 Å². The van der Waals surface area contributed by atoms with Crippen molar-refractivity contribution in [1.29, 1.82) is 0 Å². The first-order valence-electron chi connectivity index (χ1n) is 10.4. The largest absolute Gasteiger partial charge is 0.461 e. The quantitative estimate of drug-likeness (QED) is 0.397. The van der Waals surface area contributed by atoms with Gasteiger partial charge >= 0.3 is 0 Å². The Balaban J connectivity index is 1.51. The third-order valence-corrected chi connectivity index (χ3v) is 7.14. The summed E-state index contributed by atoms with van der Waals surface area (Å²) >= 11 is 12.4. The van der Waals surface area contributed by atoms with Crippen molar-refractivity contribution in [3.05, 3.63) is 88.3 Å². The van der Waals surface area contributed by atoms with Crippen LogP contribution in [-0.4, -0.2) is 29.7 Å². The van der Waals surface area contributed by atoms with E-state index in [9.17, 15) is 14.4 Å². The maximum Gasteiger partial charge on any atom is 0.240 e. The number of carbonyl (C=O) groups is 3. The van der Waals surface area contributed by atoms with Gasteiger partial charge in [-0.15, -0.1) is 0 Å². The van der Waals surface area contributed by atoms with Gasteiger partial charge in [0.15, 0.2) is 5.76 Å². The average Bonchev–Trinajstić information content (AvgIpc) is 3.51. The predicted molar refractivity (Wildman–Crippen MR) is 125 cm³/mol. The van der Waals surface area contributed by atoms with Crippen molar-refractivity contribution in [3.8, 4) is 0 Å². The highest BCUT2D eigenvalue weighted by atomic mass is 35.5. The van der Waals surface area contributed by atoms with Crippen molar-refractivity contribution in [2.45, 2.75) is 12.1 Å². The second-order valence-electron chi connectivity index (χ2n) is 8.26. The van der Waals surface area contributed by atoms with Crippen molar-refractivity contribution in [2.75, 3.05) is 9.80 Å². The minimum absolute atomic E-state index is 0.148. The molecule has 164 valence electrons. The summed E-state index contributed by atoms with van der Waals surface area (Å²) in [5.74, 6) is -2.66. The molecule has 1 aromatic heterocycles. The highest BCUT2D eigenvalue weighted by molar-refractivity contribution is 6.38. The summed E-state index contributed by atoms with van der Waals surface area (Å²) in [6.07, 6.45) is 5.25. The molecule has 4 atom stereocenters. The van der Waals surface area contributed by atoms with Crippen LogP contribution < -0.4 is 9.80 Å². The standard InChI is InChI=1S/C25H16Cl2N2O4/c26-14-8-10-17(15(27)12-14)29-24(31)20-18-9-7-13-4-1-2-5-16(13)28(18)22(21(20)25(29)32)23(30)19-6-3-11-33-19/h1-12,18,20-22H/t18-,20-,21+,22-/m0/s1. The van der Waals surface area contributed by atoms with Crippen molar-refractivity contribution < 1.29 is 18.8 Å². The van der Waals surface area contributed by atoms with Crippen LogP contribution >= 0.6 is 23.2 Å². The zero-order valence-electron chi connectivity index (χ0n) is 17.0. The topological polar surface area (TPSA) is 70.8 Å². The van der Waals surface area contributed by atoms with E-state index in [4.69, 9.17) is 27.6 Å². The Morgan fingerprint density at radius 2 is 1.70 bits per heavy atom. The number of nitrogens with zero attached hydrogens (tertiary/aromatic N) is 2. The van der Waals surface area contributed by atoms with Crippen molar-refractivity contribution >= 4 is 58.3 Å². The summed E-state index contributed by atoms with van der Waals surface area (Å²) in [5.41, 5.74) is 1.99. The molecule has 2 saturated heterocycles. The molecule has 33 heavy (non-hydrogen) atoms. The number of ketones is 1. The van der Waals surface area contributed by atoms with E-state index in [1.807, 2.05) is 41.3 Å². The van der Waals surface area contributed by atoms with E-state index >= 15 is 0 Å². The monoisotopic (exact) mass is 478 g/mol. The molecule has 3 aliphatic heterocycles. The lowest BCUT2D eigenvalue weighted by molar-refractivity contribution is -0.122. The SMILES string of the molecule is O=C(c1ccco1)[C@@H]1[C@@H]2C(=O)N(c3ccc(Cl)cc3Cl)C(=O)[C@H]2[C@@H]2C=Cc3ccccc3N12. The molecule has 2 fully saturated rings. The summed E-state index contributed by atoms with van der Waals surface area (Å²) < 4.78 is 5.39. The Morgan fingerprint density at radius 1 is 0.909 bits per heavy atom. The lowest BCUT2D eigenvalue weighted by Gasteiger charge is -2.36. The van der Waals surface area contributed by atoms with E-state index < -0.39 is 29.8 Å². The number of carbonyl (C=O) groups excluding carboxylic acids is 3. The van der Waals surface area contributed by atoms with E-state index in [0.29, 0.717) is 5.02 Å². The third-order valence-electron chi connectivity index (χ3n) is 6.60. The fourth-order valence-corrected chi connectivity index (χ4v) is 5.77. The number of fused-ring (bicyclic) bond motifs is 5.